The molecular weight excluding hydrogens is 350 g/mol. The van der Waals surface area contributed by atoms with Crippen LogP contribution in [0.25, 0.3) is 0 Å². The molecule has 2 N–H and O–H groups in total. The molecule has 0 radical (unpaired) electrons. The molecule has 1 aliphatic rings. The van der Waals surface area contributed by atoms with Gasteiger partial charge in [0.25, 0.3) is 10.0 Å². The molecule has 0 aliphatic carbocycles. The number of rotatable bonds is 6. The van der Waals surface area contributed by atoms with Crippen molar-refractivity contribution < 1.29 is 18.0 Å². The van der Waals surface area contributed by atoms with Crippen LogP contribution in [0.1, 0.15) is 26.7 Å². The van der Waals surface area contributed by atoms with Gasteiger partial charge in [0.05, 0.1) is 6.54 Å². The largest absolute Gasteiger partial charge is 0.352 e. The molecule has 24 heavy (non-hydrogen) atoms. The molecule has 1 fully saturated rings. The minimum Gasteiger partial charge on any atom is -0.352 e. The number of nitrogens with zero attached hydrogens (tertiary/aromatic N) is 1. The topological polar surface area (TPSA) is 95.6 Å². The number of carbonyl (C=O) groups excluding carboxylic acids is 2. The third kappa shape index (κ3) is 4.78. The van der Waals surface area contributed by atoms with E-state index < -0.39 is 10.0 Å². The lowest BCUT2D eigenvalue weighted by Gasteiger charge is -2.30. The van der Waals surface area contributed by atoms with Crippen molar-refractivity contribution in [2.24, 2.45) is 5.92 Å². The quantitative estimate of drug-likeness (QED) is 0.771. The van der Waals surface area contributed by atoms with Gasteiger partial charge in [-0.15, -0.1) is 11.3 Å². The second kappa shape index (κ2) is 8.09. The highest BCUT2D eigenvalue weighted by Crippen LogP contribution is 2.26. The van der Waals surface area contributed by atoms with E-state index in [1.807, 2.05) is 13.8 Å². The van der Waals surface area contributed by atoms with Crippen LogP contribution in [-0.2, 0) is 19.6 Å². The van der Waals surface area contributed by atoms with Crippen LogP contribution in [0.4, 0.5) is 0 Å². The maximum absolute atomic E-state index is 12.4. The van der Waals surface area contributed by atoms with Gasteiger partial charge in [0, 0.05) is 25.0 Å². The summed E-state index contributed by atoms with van der Waals surface area (Å²) in [5.41, 5.74) is 0. The van der Waals surface area contributed by atoms with E-state index in [9.17, 15) is 18.0 Å². The highest BCUT2D eigenvalue weighted by atomic mass is 32.2. The standard InChI is InChI=1S/C15H23N3O4S2/c1-11(2)17-13(19)10-16-15(20)12-5-7-18(8-6-12)24(21,22)14-4-3-9-23-14/h3-4,9,11-12H,5-8,10H2,1-2H3,(H,16,20)(H,17,19). The third-order valence-corrected chi connectivity index (χ3v) is 7.06. The van der Waals surface area contributed by atoms with Crippen LogP contribution in [0.2, 0.25) is 0 Å². The van der Waals surface area contributed by atoms with Crippen LogP contribution in [-0.4, -0.2) is 50.2 Å². The van der Waals surface area contributed by atoms with Gasteiger partial charge in [0.15, 0.2) is 0 Å². The van der Waals surface area contributed by atoms with E-state index in [-0.39, 0.29) is 30.3 Å². The van der Waals surface area contributed by atoms with E-state index in [0.717, 1.165) is 0 Å². The Morgan fingerprint density at radius 1 is 1.33 bits per heavy atom. The number of hydrogen-bond donors (Lipinski definition) is 2. The highest BCUT2D eigenvalue weighted by molar-refractivity contribution is 7.91. The van der Waals surface area contributed by atoms with Crippen LogP contribution in [0, 0.1) is 5.92 Å². The summed E-state index contributed by atoms with van der Waals surface area (Å²) in [6, 6.07) is 3.33. The van der Waals surface area contributed by atoms with Crippen molar-refractivity contribution in [2.45, 2.75) is 36.9 Å². The van der Waals surface area contributed by atoms with Crippen molar-refractivity contribution in [3.8, 4) is 0 Å². The lowest BCUT2D eigenvalue weighted by atomic mass is 9.97. The van der Waals surface area contributed by atoms with Crippen molar-refractivity contribution in [1.29, 1.82) is 0 Å². The Hall–Kier alpha value is -1.45. The summed E-state index contributed by atoms with van der Waals surface area (Å²) < 4.78 is 26.6. The number of carbonyl (C=O) groups is 2. The average Bonchev–Trinajstić information content (AvgIpc) is 3.07. The zero-order valence-corrected chi connectivity index (χ0v) is 15.5. The molecule has 0 atom stereocenters. The van der Waals surface area contributed by atoms with Crippen molar-refractivity contribution in [2.75, 3.05) is 19.6 Å². The smallest absolute Gasteiger partial charge is 0.252 e. The zero-order chi connectivity index (χ0) is 17.7. The van der Waals surface area contributed by atoms with Gasteiger partial charge in [-0.1, -0.05) is 6.07 Å². The average molecular weight is 374 g/mol. The second-order valence-corrected chi connectivity index (χ2v) is 9.16. The Balaban J connectivity index is 1.82. The molecule has 2 rings (SSSR count). The lowest BCUT2D eigenvalue weighted by molar-refractivity contribution is -0.129. The molecule has 0 spiro atoms. The first-order valence-electron chi connectivity index (χ1n) is 7.91. The van der Waals surface area contributed by atoms with Crippen molar-refractivity contribution in [3.05, 3.63) is 17.5 Å². The van der Waals surface area contributed by atoms with Gasteiger partial charge >= 0.3 is 0 Å². The van der Waals surface area contributed by atoms with Gasteiger partial charge in [0.1, 0.15) is 4.21 Å². The fraction of sp³-hybridized carbons (Fsp3) is 0.600. The molecule has 1 aromatic rings. The predicted octanol–water partition coefficient (Wildman–Crippen LogP) is 0.790. The summed E-state index contributed by atoms with van der Waals surface area (Å²) >= 11 is 1.19. The number of nitrogens with one attached hydrogen (secondary N) is 2. The first kappa shape index (κ1) is 18.9. The van der Waals surface area contributed by atoms with Crippen LogP contribution in [0.3, 0.4) is 0 Å². The van der Waals surface area contributed by atoms with Crippen molar-refractivity contribution in [1.82, 2.24) is 14.9 Å². The van der Waals surface area contributed by atoms with Crippen LogP contribution < -0.4 is 10.6 Å². The Morgan fingerprint density at radius 2 is 2.00 bits per heavy atom. The molecular formula is C15H23N3O4S2. The van der Waals surface area contributed by atoms with Gasteiger partial charge in [0.2, 0.25) is 11.8 Å². The fourth-order valence-electron chi connectivity index (χ4n) is 2.58. The maximum atomic E-state index is 12.4. The summed E-state index contributed by atoms with van der Waals surface area (Å²) in [6.45, 7) is 4.28. The summed E-state index contributed by atoms with van der Waals surface area (Å²) in [5.74, 6) is -0.676. The van der Waals surface area contributed by atoms with E-state index in [1.165, 1.54) is 15.6 Å². The Bertz CT molecular complexity index is 663. The lowest BCUT2D eigenvalue weighted by Crippen LogP contribution is -2.45. The number of amides is 2. The number of hydrogen-bond acceptors (Lipinski definition) is 5. The molecule has 2 heterocycles. The fourth-order valence-corrected chi connectivity index (χ4v) is 5.19. The molecule has 1 saturated heterocycles. The highest BCUT2D eigenvalue weighted by Gasteiger charge is 2.32. The van der Waals surface area contributed by atoms with Crippen LogP contribution >= 0.6 is 11.3 Å². The van der Waals surface area contributed by atoms with Gasteiger partial charge in [-0.05, 0) is 38.1 Å². The predicted molar refractivity (Wildman–Crippen MR) is 92.1 cm³/mol. The van der Waals surface area contributed by atoms with Crippen LogP contribution in [0.5, 0.6) is 0 Å². The minimum atomic E-state index is -3.45. The normalized spacial score (nSPS) is 17.0. The molecule has 9 heteroatoms. The van der Waals surface area contributed by atoms with Gasteiger partial charge < -0.3 is 10.6 Å². The van der Waals surface area contributed by atoms with E-state index in [4.69, 9.17) is 0 Å². The van der Waals surface area contributed by atoms with Crippen LogP contribution in [0.15, 0.2) is 21.7 Å². The van der Waals surface area contributed by atoms with E-state index >= 15 is 0 Å². The Kier molecular flexibility index (Phi) is 6.36. The van der Waals surface area contributed by atoms with Gasteiger partial charge in [-0.2, -0.15) is 4.31 Å². The molecule has 0 aromatic carbocycles. The van der Waals surface area contributed by atoms with Gasteiger partial charge in [-0.25, -0.2) is 8.42 Å². The van der Waals surface area contributed by atoms with Crippen molar-refractivity contribution in [3.63, 3.8) is 0 Å². The first-order valence-corrected chi connectivity index (χ1v) is 10.2. The number of piperidine rings is 1. The molecule has 0 saturated carbocycles. The van der Waals surface area contributed by atoms with E-state index in [2.05, 4.69) is 10.6 Å². The Labute approximate surface area is 146 Å². The molecule has 7 nitrogen and oxygen atoms in total. The third-order valence-electron chi connectivity index (χ3n) is 3.79. The minimum absolute atomic E-state index is 0.0279. The molecule has 2 amide bonds. The summed E-state index contributed by atoms with van der Waals surface area (Å²) in [5, 5.41) is 7.06. The zero-order valence-electron chi connectivity index (χ0n) is 13.8. The molecule has 0 bridgehead atoms. The summed E-state index contributed by atoms with van der Waals surface area (Å²) in [7, 11) is -3.45. The maximum Gasteiger partial charge on any atom is 0.252 e. The van der Waals surface area contributed by atoms with Crippen molar-refractivity contribution >= 4 is 33.2 Å². The number of sulfonamides is 1. The SMILES string of the molecule is CC(C)NC(=O)CNC(=O)C1CCN(S(=O)(=O)c2cccs2)CC1. The monoisotopic (exact) mass is 373 g/mol. The van der Waals surface area contributed by atoms with E-state index in [0.29, 0.717) is 30.1 Å². The summed E-state index contributed by atoms with van der Waals surface area (Å²) in [4.78, 5) is 23.7. The molecule has 1 aliphatic heterocycles. The van der Waals surface area contributed by atoms with E-state index in [1.54, 1.807) is 17.5 Å². The molecule has 1 aromatic heterocycles. The summed E-state index contributed by atoms with van der Waals surface area (Å²) in [6.07, 6.45) is 0.921. The second-order valence-electron chi connectivity index (χ2n) is 6.05. The first-order chi connectivity index (χ1) is 11.3. The Morgan fingerprint density at radius 3 is 2.54 bits per heavy atom. The molecule has 134 valence electrons. The molecule has 0 unspecified atom stereocenters. The van der Waals surface area contributed by atoms with Gasteiger partial charge in [-0.3, -0.25) is 9.59 Å². The number of thiophene rings is 1.